The van der Waals surface area contributed by atoms with Crippen LogP contribution >= 0.6 is 10.7 Å². The Morgan fingerprint density at radius 1 is 1.19 bits per heavy atom. The van der Waals surface area contributed by atoms with Gasteiger partial charge in [-0.15, -0.1) is 10.2 Å². The number of aromatic nitrogens is 3. The van der Waals surface area contributed by atoms with Gasteiger partial charge in [0.1, 0.15) is 11.6 Å². The summed E-state index contributed by atoms with van der Waals surface area (Å²) in [6.07, 6.45) is 0. The molecule has 0 bridgehead atoms. The van der Waals surface area contributed by atoms with Crippen molar-refractivity contribution in [2.45, 2.75) is 32.0 Å². The van der Waals surface area contributed by atoms with Crippen molar-refractivity contribution in [3.63, 3.8) is 0 Å². The van der Waals surface area contributed by atoms with Crippen LogP contribution in [0.5, 0.6) is 0 Å². The normalized spacial score (nSPS) is 12.1. The zero-order valence-corrected chi connectivity index (χ0v) is 13.0. The van der Waals surface area contributed by atoms with Gasteiger partial charge in [-0.25, -0.2) is 17.2 Å². The Morgan fingerprint density at radius 2 is 1.81 bits per heavy atom. The molecule has 1 heterocycles. The summed E-state index contributed by atoms with van der Waals surface area (Å²) in [5.41, 5.74) is 0.168. The fraction of sp³-hybridized carbons (Fsp3) is 0.333. The van der Waals surface area contributed by atoms with Crippen LogP contribution in [0.15, 0.2) is 17.3 Å². The predicted molar refractivity (Wildman–Crippen MR) is 73.5 cm³/mol. The average Bonchev–Trinajstić information content (AvgIpc) is 2.78. The van der Waals surface area contributed by atoms with Crippen LogP contribution in [0, 0.1) is 18.6 Å². The van der Waals surface area contributed by atoms with Crippen LogP contribution < -0.4 is 0 Å². The maximum absolute atomic E-state index is 14.0. The summed E-state index contributed by atoms with van der Waals surface area (Å²) in [4.78, 5) is 0. The smallest absolute Gasteiger partial charge is 0.294 e. The zero-order chi connectivity index (χ0) is 15.9. The summed E-state index contributed by atoms with van der Waals surface area (Å²) in [6, 6.07) is 1.58. The van der Waals surface area contributed by atoms with Gasteiger partial charge in [-0.05, 0) is 32.4 Å². The molecule has 114 valence electrons. The topological polar surface area (TPSA) is 64.8 Å². The number of hydrogen-bond acceptors (Lipinski definition) is 4. The molecule has 0 atom stereocenters. The summed E-state index contributed by atoms with van der Waals surface area (Å²) in [5.74, 6) is -1.58. The van der Waals surface area contributed by atoms with Gasteiger partial charge < -0.3 is 0 Å². The second-order valence-electron chi connectivity index (χ2n) is 4.79. The highest BCUT2D eigenvalue weighted by molar-refractivity contribution is 8.13. The molecule has 21 heavy (non-hydrogen) atoms. The number of halogens is 3. The molecule has 1 aromatic heterocycles. The lowest BCUT2D eigenvalue weighted by Gasteiger charge is -2.13. The maximum atomic E-state index is 14.0. The second-order valence-corrected chi connectivity index (χ2v) is 7.25. The van der Waals surface area contributed by atoms with Crippen molar-refractivity contribution in [1.29, 1.82) is 0 Å². The van der Waals surface area contributed by atoms with E-state index in [1.54, 1.807) is 13.8 Å². The third kappa shape index (κ3) is 2.91. The van der Waals surface area contributed by atoms with Crippen molar-refractivity contribution < 1.29 is 17.2 Å². The number of aryl methyl sites for hydroxylation is 1. The minimum Gasteiger partial charge on any atom is -0.294 e. The summed E-state index contributed by atoms with van der Waals surface area (Å²) in [5, 5.41) is 6.73. The lowest BCUT2D eigenvalue weighted by molar-refractivity contribution is 0.527. The third-order valence-electron chi connectivity index (χ3n) is 2.89. The molecule has 0 radical (unpaired) electrons. The molecule has 0 aliphatic carbocycles. The first-order valence-corrected chi connectivity index (χ1v) is 8.29. The van der Waals surface area contributed by atoms with Crippen LogP contribution in [0.25, 0.3) is 11.4 Å². The Kier molecular flexibility index (Phi) is 4.03. The standard InChI is InChI=1S/C12H12ClF2N3O2S/c1-6(2)18-11(16-17-12(18)21(13,19)20)8-4-7(3)9(14)5-10(8)15/h4-6H,1-3H3. The molecule has 0 spiro atoms. The molecule has 2 rings (SSSR count). The quantitative estimate of drug-likeness (QED) is 0.809. The van der Waals surface area contributed by atoms with Crippen LogP contribution in [0.4, 0.5) is 8.78 Å². The van der Waals surface area contributed by atoms with Gasteiger partial charge in [-0.1, -0.05) is 0 Å². The van der Waals surface area contributed by atoms with Crippen LogP contribution in [0.2, 0.25) is 0 Å². The monoisotopic (exact) mass is 335 g/mol. The van der Waals surface area contributed by atoms with Gasteiger partial charge in [-0.2, -0.15) is 0 Å². The first-order chi connectivity index (χ1) is 9.62. The van der Waals surface area contributed by atoms with E-state index in [9.17, 15) is 17.2 Å². The Bertz CT molecular complexity index is 803. The van der Waals surface area contributed by atoms with Crippen molar-refractivity contribution in [3.8, 4) is 11.4 Å². The molecule has 0 aliphatic heterocycles. The molecule has 0 N–H and O–H groups in total. The van der Waals surface area contributed by atoms with E-state index >= 15 is 0 Å². The fourth-order valence-electron chi connectivity index (χ4n) is 1.92. The van der Waals surface area contributed by atoms with E-state index in [4.69, 9.17) is 10.7 Å². The molecular weight excluding hydrogens is 324 g/mol. The van der Waals surface area contributed by atoms with E-state index in [2.05, 4.69) is 10.2 Å². The molecule has 2 aromatic rings. The van der Waals surface area contributed by atoms with Gasteiger partial charge >= 0.3 is 0 Å². The first kappa shape index (κ1) is 15.8. The Hall–Kier alpha value is -1.54. The highest BCUT2D eigenvalue weighted by Gasteiger charge is 2.26. The molecule has 5 nitrogen and oxygen atoms in total. The second kappa shape index (κ2) is 5.34. The van der Waals surface area contributed by atoms with Gasteiger partial charge in [-0.3, -0.25) is 4.57 Å². The Balaban J connectivity index is 2.77. The molecule has 0 unspecified atom stereocenters. The minimum absolute atomic E-state index is 0.0233. The van der Waals surface area contributed by atoms with Gasteiger partial charge in [0.15, 0.2) is 5.82 Å². The lowest BCUT2D eigenvalue weighted by Crippen LogP contribution is -2.10. The van der Waals surface area contributed by atoms with Crippen molar-refractivity contribution in [2.75, 3.05) is 0 Å². The largest absolute Gasteiger partial charge is 0.296 e. The van der Waals surface area contributed by atoms with Gasteiger partial charge in [0.2, 0.25) is 0 Å². The molecular formula is C12H12ClF2N3O2S. The summed E-state index contributed by atoms with van der Waals surface area (Å²) >= 11 is 0. The molecule has 0 saturated carbocycles. The van der Waals surface area contributed by atoms with Crippen molar-refractivity contribution >= 4 is 19.7 Å². The number of rotatable bonds is 3. The first-order valence-electron chi connectivity index (χ1n) is 5.98. The molecule has 0 fully saturated rings. The Morgan fingerprint density at radius 3 is 2.33 bits per heavy atom. The maximum Gasteiger partial charge on any atom is 0.296 e. The van der Waals surface area contributed by atoms with Crippen molar-refractivity contribution in [3.05, 3.63) is 29.3 Å². The molecule has 0 amide bonds. The predicted octanol–water partition coefficient (Wildman–Crippen LogP) is 3.04. The SMILES string of the molecule is Cc1cc(-c2nnc(S(=O)(=O)Cl)n2C(C)C)c(F)cc1F. The molecule has 0 saturated heterocycles. The van der Waals surface area contributed by atoms with Crippen LogP contribution in [-0.4, -0.2) is 23.2 Å². The highest BCUT2D eigenvalue weighted by atomic mass is 35.7. The zero-order valence-electron chi connectivity index (χ0n) is 11.4. The highest BCUT2D eigenvalue weighted by Crippen LogP contribution is 2.29. The van der Waals surface area contributed by atoms with Crippen LogP contribution in [0.3, 0.4) is 0 Å². The summed E-state index contributed by atoms with van der Waals surface area (Å²) < 4.78 is 51.5. The minimum atomic E-state index is -4.13. The van der Waals surface area contributed by atoms with E-state index in [1.807, 2.05) is 0 Å². The van der Waals surface area contributed by atoms with E-state index in [0.29, 0.717) is 0 Å². The van der Waals surface area contributed by atoms with Crippen LogP contribution in [-0.2, 0) is 9.05 Å². The van der Waals surface area contributed by atoms with E-state index in [1.165, 1.54) is 17.6 Å². The van der Waals surface area contributed by atoms with Gasteiger partial charge in [0.25, 0.3) is 14.2 Å². The average molecular weight is 336 g/mol. The molecule has 1 aromatic carbocycles. The van der Waals surface area contributed by atoms with E-state index in [-0.39, 0.29) is 23.0 Å². The van der Waals surface area contributed by atoms with E-state index in [0.717, 1.165) is 6.07 Å². The molecule has 0 aliphatic rings. The number of benzene rings is 1. The lowest BCUT2D eigenvalue weighted by atomic mass is 10.1. The summed E-state index contributed by atoms with van der Waals surface area (Å²) in [7, 11) is 1.17. The van der Waals surface area contributed by atoms with Crippen LogP contribution in [0.1, 0.15) is 25.5 Å². The third-order valence-corrected chi connectivity index (χ3v) is 4.02. The number of hydrogen-bond donors (Lipinski definition) is 0. The van der Waals surface area contributed by atoms with Gasteiger partial charge in [0.05, 0.1) is 5.56 Å². The summed E-state index contributed by atoms with van der Waals surface area (Å²) in [6.45, 7) is 4.81. The Labute approximate surface area is 125 Å². The number of nitrogens with zero attached hydrogens (tertiary/aromatic N) is 3. The van der Waals surface area contributed by atoms with Crippen molar-refractivity contribution in [2.24, 2.45) is 0 Å². The fourth-order valence-corrected chi connectivity index (χ4v) is 2.91. The van der Waals surface area contributed by atoms with Gasteiger partial charge in [0, 0.05) is 22.8 Å². The van der Waals surface area contributed by atoms with E-state index < -0.39 is 25.8 Å². The molecule has 9 heteroatoms. The van der Waals surface area contributed by atoms with Crippen molar-refractivity contribution in [1.82, 2.24) is 14.8 Å².